The van der Waals surface area contributed by atoms with Gasteiger partial charge in [0.25, 0.3) is 0 Å². The number of guanidine groups is 3. The van der Waals surface area contributed by atoms with Crippen LogP contribution in [-0.4, -0.2) is 191 Å². The van der Waals surface area contributed by atoms with Crippen LogP contribution in [0.1, 0.15) is 104 Å². The number of likely N-dealkylation sites (tertiary alicyclic amines) is 1. The second kappa shape index (κ2) is 36.7. The van der Waals surface area contributed by atoms with Crippen LogP contribution in [0.15, 0.2) is 15.0 Å². The largest absolute Gasteiger partial charge is 0.481 e. The fourth-order valence-electron chi connectivity index (χ4n) is 7.68. The monoisotopic (exact) mass is 1110 g/mol. The molecule has 32 heteroatoms. The molecule has 0 aliphatic carbocycles. The van der Waals surface area contributed by atoms with Gasteiger partial charge in [-0.25, -0.2) is 4.79 Å². The van der Waals surface area contributed by atoms with E-state index in [1.54, 1.807) is 6.26 Å². The van der Waals surface area contributed by atoms with Gasteiger partial charge >= 0.3 is 11.9 Å². The van der Waals surface area contributed by atoms with E-state index < -0.39 is 126 Å². The van der Waals surface area contributed by atoms with Gasteiger partial charge in [0.1, 0.15) is 48.3 Å². The summed E-state index contributed by atoms with van der Waals surface area (Å²) < 4.78 is 0. The molecule has 436 valence electrons. The van der Waals surface area contributed by atoms with Gasteiger partial charge in [0, 0.05) is 32.6 Å². The highest BCUT2D eigenvalue weighted by molar-refractivity contribution is 7.98. The Bertz CT molecular complexity index is 2070. The van der Waals surface area contributed by atoms with E-state index >= 15 is 0 Å². The van der Waals surface area contributed by atoms with Crippen molar-refractivity contribution in [3.05, 3.63) is 0 Å². The molecule has 31 nitrogen and oxygen atoms in total. The number of aliphatic carboxylic acids is 2. The van der Waals surface area contributed by atoms with Crippen LogP contribution in [0.25, 0.3) is 0 Å². The van der Waals surface area contributed by atoms with E-state index in [4.69, 9.17) is 45.9 Å². The maximum absolute atomic E-state index is 13.9. The molecule has 0 radical (unpaired) electrons. The molecule has 0 aromatic heterocycles. The third kappa shape index (κ3) is 27.4. The molecule has 9 atom stereocenters. The van der Waals surface area contributed by atoms with Crippen LogP contribution in [-0.2, 0) is 47.9 Å². The second-order valence-electron chi connectivity index (χ2n) is 18.2. The first-order valence-electron chi connectivity index (χ1n) is 25.3. The maximum atomic E-state index is 13.9. The van der Waals surface area contributed by atoms with Gasteiger partial charge in [-0.2, -0.15) is 11.8 Å². The number of aliphatic imine (C=N–C) groups is 3. The quantitative estimate of drug-likeness (QED) is 0.0155. The number of carboxylic acid groups (broad SMARTS) is 2. The molecular formula is C45H83N19O12S. The highest BCUT2D eigenvalue weighted by Crippen LogP contribution is 2.20. The summed E-state index contributed by atoms with van der Waals surface area (Å²) in [5.41, 5.74) is 43.9. The molecule has 1 saturated heterocycles. The number of thioether (sulfide) groups is 1. The average Bonchev–Trinajstić information content (AvgIpc) is 3.86. The molecule has 1 aliphatic heterocycles. The van der Waals surface area contributed by atoms with E-state index in [1.807, 2.05) is 0 Å². The molecule has 1 rings (SSSR count). The zero-order valence-corrected chi connectivity index (χ0v) is 44.9. The van der Waals surface area contributed by atoms with Gasteiger partial charge in [-0.05, 0) is 116 Å². The molecule has 8 amide bonds. The minimum atomic E-state index is -1.55. The topological polar surface area (TPSA) is 544 Å². The van der Waals surface area contributed by atoms with Crippen molar-refractivity contribution < 1.29 is 58.2 Å². The minimum absolute atomic E-state index is 0.00476. The summed E-state index contributed by atoms with van der Waals surface area (Å²) in [5.74, 6) is -9.13. The van der Waals surface area contributed by atoms with Crippen molar-refractivity contribution >= 4 is 88.8 Å². The second-order valence-corrected chi connectivity index (χ2v) is 19.2. The van der Waals surface area contributed by atoms with Crippen molar-refractivity contribution in [2.45, 2.75) is 158 Å². The Labute approximate surface area is 451 Å². The average molecular weight is 1110 g/mol. The standard InChI is InChI=1S/C45H83N19O12S/c1-24(57-36(69)28(12-7-20-55-44(50)51)60-35(68)26(47)10-6-19-54-43(48)49)34(67)59-29(15-16-33(65)66)39(72)61-30(17-23-77-3)37(70)58-25(2)41(74)64-22-9-14-32(64)40(73)62-27(11-4-5-18-46)38(71)63-31(42(75)76)13-8-21-56-45(52)53/h24-32H,4-23,46-47H2,1-3H3,(H,57,69)(H,58,70)(H,59,67)(H,60,68)(H,61,72)(H,62,73)(H,63,71)(H,65,66)(H,75,76)(H4,48,49,54)(H4,50,51,55)(H4,52,53,56)/t24-,25-,26-,27-,28-,29-,30-,31-,32-/m0/s1. The van der Waals surface area contributed by atoms with Crippen molar-refractivity contribution in [3.8, 4) is 0 Å². The van der Waals surface area contributed by atoms with Gasteiger partial charge in [0.2, 0.25) is 47.3 Å². The number of hydrogen-bond donors (Lipinski definition) is 17. The Morgan fingerprint density at radius 1 is 0.558 bits per heavy atom. The van der Waals surface area contributed by atoms with Gasteiger partial charge in [0.05, 0.1) is 6.04 Å². The molecule has 25 N–H and O–H groups in total. The van der Waals surface area contributed by atoms with Crippen LogP contribution < -0.4 is 83.1 Å². The van der Waals surface area contributed by atoms with Gasteiger partial charge in [-0.3, -0.25) is 58.1 Å². The fraction of sp³-hybridized carbons (Fsp3) is 0.711. The van der Waals surface area contributed by atoms with Crippen LogP contribution >= 0.6 is 11.8 Å². The first kappa shape index (κ1) is 67.8. The molecular weight excluding hydrogens is 1030 g/mol. The molecule has 0 bridgehead atoms. The number of nitrogens with one attached hydrogen (secondary N) is 7. The summed E-state index contributed by atoms with van der Waals surface area (Å²) in [6.45, 7) is 3.49. The van der Waals surface area contributed by atoms with Crippen LogP contribution in [0.4, 0.5) is 0 Å². The number of unbranched alkanes of at least 4 members (excludes halogenated alkanes) is 1. The molecule has 0 unspecified atom stereocenters. The lowest BCUT2D eigenvalue weighted by atomic mass is 10.1. The highest BCUT2D eigenvalue weighted by atomic mass is 32.2. The van der Waals surface area contributed by atoms with Gasteiger partial charge in [-0.15, -0.1) is 0 Å². The molecule has 1 heterocycles. The molecule has 1 aliphatic rings. The van der Waals surface area contributed by atoms with E-state index in [0.29, 0.717) is 38.0 Å². The number of carbonyl (C=O) groups excluding carboxylic acids is 8. The summed E-state index contributed by atoms with van der Waals surface area (Å²) in [7, 11) is 0. The number of carboxylic acids is 2. The maximum Gasteiger partial charge on any atom is 0.326 e. The van der Waals surface area contributed by atoms with Crippen LogP contribution in [0.3, 0.4) is 0 Å². The first-order chi connectivity index (χ1) is 36.3. The normalized spacial score (nSPS) is 16.0. The Morgan fingerprint density at radius 2 is 1.00 bits per heavy atom. The molecule has 0 aromatic carbocycles. The SMILES string of the molecule is CSCC[C@H](NC(=O)[C@H](CCC(=O)O)NC(=O)[C@H](C)NC(=O)[C@H](CCCN=C(N)N)NC(=O)[C@@H](N)CCCN=C(N)N)C(=O)N[C@@H](C)C(=O)N1CCC[C@H]1C(=O)N[C@@H](CCCCN)C(=O)N[C@@H](CCCN=C(N)N)C(=O)O. The summed E-state index contributed by atoms with van der Waals surface area (Å²) in [5, 5.41) is 37.0. The lowest BCUT2D eigenvalue weighted by molar-refractivity contribution is -0.143. The Kier molecular flexibility index (Phi) is 32.3. The third-order valence-electron chi connectivity index (χ3n) is 11.9. The summed E-state index contributed by atoms with van der Waals surface area (Å²) in [6, 6.07) is -11.4. The number of carbonyl (C=O) groups is 10. The molecule has 1 fully saturated rings. The highest BCUT2D eigenvalue weighted by Gasteiger charge is 2.39. The molecule has 0 spiro atoms. The van der Waals surface area contributed by atoms with Crippen molar-refractivity contribution in [1.29, 1.82) is 0 Å². The lowest BCUT2D eigenvalue weighted by Crippen LogP contribution is -2.59. The Balaban J connectivity index is 3.21. The van der Waals surface area contributed by atoms with E-state index in [-0.39, 0.29) is 95.4 Å². The van der Waals surface area contributed by atoms with Crippen LogP contribution in [0.5, 0.6) is 0 Å². The van der Waals surface area contributed by atoms with Crippen molar-refractivity contribution in [2.75, 3.05) is 44.7 Å². The summed E-state index contributed by atoms with van der Waals surface area (Å²) in [4.78, 5) is 146. The minimum Gasteiger partial charge on any atom is -0.481 e. The van der Waals surface area contributed by atoms with Crippen molar-refractivity contribution in [1.82, 2.24) is 42.1 Å². The fourth-order valence-corrected chi connectivity index (χ4v) is 8.15. The van der Waals surface area contributed by atoms with Gasteiger partial charge in [-0.1, -0.05) is 0 Å². The smallest absolute Gasteiger partial charge is 0.326 e. The Morgan fingerprint density at radius 3 is 1.52 bits per heavy atom. The van der Waals surface area contributed by atoms with E-state index in [0.717, 1.165) is 0 Å². The van der Waals surface area contributed by atoms with Gasteiger partial charge in [0.15, 0.2) is 17.9 Å². The van der Waals surface area contributed by atoms with E-state index in [1.165, 1.54) is 30.5 Å². The van der Waals surface area contributed by atoms with Crippen LogP contribution in [0, 0.1) is 0 Å². The number of nitrogens with zero attached hydrogens (tertiary/aromatic N) is 4. The first-order valence-corrected chi connectivity index (χ1v) is 26.7. The predicted molar refractivity (Wildman–Crippen MR) is 288 cm³/mol. The number of amides is 8. The van der Waals surface area contributed by atoms with E-state index in [9.17, 15) is 58.2 Å². The summed E-state index contributed by atoms with van der Waals surface area (Å²) in [6.07, 6.45) is 3.25. The van der Waals surface area contributed by atoms with Gasteiger partial charge < -0.3 is 98.2 Å². The van der Waals surface area contributed by atoms with Crippen molar-refractivity contribution in [3.63, 3.8) is 0 Å². The zero-order valence-electron chi connectivity index (χ0n) is 44.1. The number of hydrogen-bond acceptors (Lipinski definition) is 16. The number of rotatable bonds is 38. The molecule has 0 aromatic rings. The Hall–Kier alpha value is -7.22. The molecule has 0 saturated carbocycles. The van der Waals surface area contributed by atoms with E-state index in [2.05, 4.69) is 52.2 Å². The predicted octanol–water partition coefficient (Wildman–Crippen LogP) is -6.27. The van der Waals surface area contributed by atoms with Crippen molar-refractivity contribution in [2.24, 2.45) is 60.8 Å². The number of nitrogens with two attached hydrogens (primary N) is 8. The van der Waals surface area contributed by atoms with Crippen LogP contribution in [0.2, 0.25) is 0 Å². The summed E-state index contributed by atoms with van der Waals surface area (Å²) >= 11 is 1.33. The zero-order chi connectivity index (χ0) is 58.2. The third-order valence-corrected chi connectivity index (χ3v) is 12.5. The molecule has 77 heavy (non-hydrogen) atoms. The lowest BCUT2D eigenvalue weighted by Gasteiger charge is -2.30.